The van der Waals surface area contributed by atoms with Crippen LogP contribution in [0.15, 0.2) is 24.3 Å². The third-order valence-corrected chi connectivity index (χ3v) is 12.5. The zero-order chi connectivity index (χ0) is 46.1. The summed E-state index contributed by atoms with van der Waals surface area (Å²) < 4.78 is 30.1. The summed E-state index contributed by atoms with van der Waals surface area (Å²) in [6.45, 7) is 0. The number of Topliss-reactive ketones (excluding diaryl/α,β-unsaturated/α-hetero) is 4. The molecule has 4 atom stereocenters. The Morgan fingerprint density at radius 2 is 0.790 bits per heavy atom. The summed E-state index contributed by atoms with van der Waals surface area (Å²) in [5, 5.41) is 0. The van der Waals surface area contributed by atoms with Crippen molar-refractivity contribution >= 4 is 58.9 Å². The first-order chi connectivity index (χ1) is 29.6. The number of esters is 6. The normalized spacial score (nSPS) is 27.0. The summed E-state index contributed by atoms with van der Waals surface area (Å²) in [5.41, 5.74) is -7.25. The van der Waals surface area contributed by atoms with Crippen LogP contribution in [0.4, 0.5) is 0 Å². The van der Waals surface area contributed by atoms with Gasteiger partial charge in [0, 0.05) is 50.4 Å². The number of hydrogen-bond donors (Lipinski definition) is 0. The number of carbonyl (C=O) groups is 10. The molecule has 0 saturated heterocycles. The third kappa shape index (κ3) is 10.6. The molecular weight excluding hydrogens is 808 g/mol. The average Bonchev–Trinajstić information content (AvgIpc) is 3.78. The van der Waals surface area contributed by atoms with Crippen LogP contribution in [0, 0.1) is 57.2 Å². The standard InChI is InChI=1S/C46H56O16/c1-57-37(51)43(38(52)58-2)25-11-7-9-15-31-19-21-36(50)46(31,42(56)62-6)30-24-34(48)18-14-28-44(39(53)59-3,40(54)60-4)26-12-8-10-16-32-20-22-35(49)45(32,41(55)61-5)29-23-33(47)17-13-27-43/h7-8,11-12,31-32H,13-14,17-30H2,1-6H3/b11-7+,12-8+. The molecule has 0 spiro atoms. The highest BCUT2D eigenvalue weighted by atomic mass is 16.6. The van der Waals surface area contributed by atoms with Crippen LogP contribution < -0.4 is 0 Å². The molecule has 0 aromatic carbocycles. The number of fused-ring (bicyclic) bond motifs is 2. The molecule has 4 unspecified atom stereocenters. The highest BCUT2D eigenvalue weighted by Crippen LogP contribution is 2.47. The number of methoxy groups -OCH3 is 6. The van der Waals surface area contributed by atoms with Gasteiger partial charge in [-0.15, -0.1) is 0 Å². The van der Waals surface area contributed by atoms with Crippen LogP contribution >= 0.6 is 0 Å². The van der Waals surface area contributed by atoms with Crippen molar-refractivity contribution in [1.29, 1.82) is 0 Å². The van der Waals surface area contributed by atoms with E-state index in [9.17, 15) is 47.9 Å². The number of carbonyl (C=O) groups excluding carboxylic acids is 10. The van der Waals surface area contributed by atoms with Gasteiger partial charge in [-0.05, 0) is 76.4 Å². The molecule has 0 amide bonds. The predicted octanol–water partition coefficient (Wildman–Crippen LogP) is 3.88. The molecular formula is C46H56O16. The van der Waals surface area contributed by atoms with Gasteiger partial charge in [0.2, 0.25) is 0 Å². The topological polar surface area (TPSA) is 226 Å². The molecule has 0 aliphatic heterocycles. The Bertz CT molecular complexity index is 1790. The lowest BCUT2D eigenvalue weighted by Gasteiger charge is -2.29. The summed E-state index contributed by atoms with van der Waals surface area (Å²) in [4.78, 5) is 133. The molecule has 2 fully saturated rings. The van der Waals surface area contributed by atoms with Crippen molar-refractivity contribution in [3.63, 3.8) is 0 Å². The van der Waals surface area contributed by atoms with E-state index in [0.29, 0.717) is 0 Å². The zero-order valence-corrected chi connectivity index (χ0v) is 36.3. The smallest absolute Gasteiger partial charge is 0.323 e. The average molecular weight is 865 g/mol. The fraction of sp³-hybridized carbons (Fsp3) is 0.609. The minimum Gasteiger partial charge on any atom is -0.468 e. The summed E-state index contributed by atoms with van der Waals surface area (Å²) in [6, 6.07) is 0. The molecule has 3 aliphatic carbocycles. The minimum atomic E-state index is -1.87. The Hall–Kier alpha value is -5.90. The molecule has 0 radical (unpaired) electrons. The van der Waals surface area contributed by atoms with Gasteiger partial charge in [0.05, 0.1) is 42.7 Å². The number of ether oxygens (including phenoxy) is 6. The van der Waals surface area contributed by atoms with Crippen LogP contribution in [0.3, 0.4) is 0 Å². The lowest BCUT2D eigenvalue weighted by molar-refractivity contribution is -0.171. The maximum atomic E-state index is 13.4. The lowest BCUT2D eigenvalue weighted by Crippen LogP contribution is -2.42. The highest BCUT2D eigenvalue weighted by Gasteiger charge is 2.57. The van der Waals surface area contributed by atoms with E-state index in [2.05, 4.69) is 23.7 Å². The second-order valence-corrected chi connectivity index (χ2v) is 15.7. The van der Waals surface area contributed by atoms with Crippen molar-refractivity contribution in [1.82, 2.24) is 0 Å². The Morgan fingerprint density at radius 3 is 1.10 bits per heavy atom. The van der Waals surface area contributed by atoms with Crippen molar-refractivity contribution < 1.29 is 76.4 Å². The molecule has 336 valence electrons. The van der Waals surface area contributed by atoms with Gasteiger partial charge in [0.15, 0.2) is 22.4 Å². The Labute approximate surface area is 361 Å². The fourth-order valence-corrected chi connectivity index (χ4v) is 8.90. The van der Waals surface area contributed by atoms with E-state index in [1.54, 1.807) is 0 Å². The molecule has 0 aromatic heterocycles. The molecule has 0 bridgehead atoms. The summed E-state index contributed by atoms with van der Waals surface area (Å²) in [6.07, 6.45) is 3.96. The number of hydrogen-bond acceptors (Lipinski definition) is 16. The van der Waals surface area contributed by atoms with Crippen LogP contribution in [-0.2, 0) is 76.4 Å². The van der Waals surface area contributed by atoms with E-state index in [1.807, 2.05) is 0 Å². The van der Waals surface area contributed by atoms with Gasteiger partial charge in [0.1, 0.15) is 22.4 Å². The van der Waals surface area contributed by atoms with E-state index in [4.69, 9.17) is 28.4 Å². The van der Waals surface area contributed by atoms with E-state index >= 15 is 0 Å². The van der Waals surface area contributed by atoms with Gasteiger partial charge in [0.25, 0.3) is 0 Å². The van der Waals surface area contributed by atoms with Gasteiger partial charge in [-0.25, -0.2) is 0 Å². The second kappa shape index (κ2) is 22.8. The molecule has 62 heavy (non-hydrogen) atoms. The van der Waals surface area contributed by atoms with Gasteiger partial charge in [-0.3, -0.25) is 47.9 Å². The van der Waals surface area contributed by atoms with Crippen molar-refractivity contribution in [3.05, 3.63) is 24.3 Å². The predicted molar refractivity (Wildman–Crippen MR) is 217 cm³/mol. The van der Waals surface area contributed by atoms with Crippen LogP contribution in [0.25, 0.3) is 0 Å². The van der Waals surface area contributed by atoms with Gasteiger partial charge < -0.3 is 28.4 Å². The van der Waals surface area contributed by atoms with E-state index in [1.165, 1.54) is 24.3 Å². The maximum Gasteiger partial charge on any atom is 0.323 e. The third-order valence-electron chi connectivity index (χ3n) is 12.5. The van der Waals surface area contributed by atoms with Crippen molar-refractivity contribution in [2.75, 3.05) is 42.7 Å². The van der Waals surface area contributed by atoms with E-state index < -0.39 is 80.9 Å². The van der Waals surface area contributed by atoms with Crippen LogP contribution in [0.5, 0.6) is 0 Å². The molecule has 0 heterocycles. The fourth-order valence-electron chi connectivity index (χ4n) is 8.90. The summed E-state index contributed by atoms with van der Waals surface area (Å²) >= 11 is 0. The molecule has 0 N–H and O–H groups in total. The summed E-state index contributed by atoms with van der Waals surface area (Å²) in [7, 11) is 6.68. The number of rotatable bonds is 6. The first-order valence-electron chi connectivity index (χ1n) is 20.5. The van der Waals surface area contributed by atoms with Crippen molar-refractivity contribution in [3.8, 4) is 23.7 Å². The van der Waals surface area contributed by atoms with Crippen molar-refractivity contribution in [2.24, 2.45) is 33.5 Å². The summed E-state index contributed by atoms with van der Waals surface area (Å²) in [5.74, 6) is 2.83. The van der Waals surface area contributed by atoms with Crippen molar-refractivity contribution in [2.45, 2.75) is 103 Å². The molecule has 16 heteroatoms. The Morgan fingerprint density at radius 1 is 0.468 bits per heavy atom. The van der Waals surface area contributed by atoms with Crippen LogP contribution in [0.1, 0.15) is 103 Å². The first-order valence-corrected chi connectivity index (χ1v) is 20.5. The lowest BCUT2D eigenvalue weighted by atomic mass is 9.73. The van der Waals surface area contributed by atoms with Gasteiger partial charge >= 0.3 is 35.8 Å². The molecule has 16 nitrogen and oxygen atoms in total. The first kappa shape index (κ1) is 50.5. The molecule has 0 aromatic rings. The number of allylic oxidation sites excluding steroid dienone is 4. The quantitative estimate of drug-likeness (QED) is 0.160. The molecule has 3 aliphatic rings. The largest absolute Gasteiger partial charge is 0.468 e. The second-order valence-electron chi connectivity index (χ2n) is 15.7. The number of ketones is 4. The minimum absolute atomic E-state index is 0.00181. The zero-order valence-electron chi connectivity index (χ0n) is 36.3. The van der Waals surface area contributed by atoms with Crippen LogP contribution in [-0.4, -0.2) is 102 Å². The highest BCUT2D eigenvalue weighted by molar-refractivity contribution is 6.07. The molecule has 2 saturated carbocycles. The SMILES string of the molecule is COC(=O)C1(C(=O)OC)C/C=C/C#CC2CCC(=O)C2(C(=O)OC)CCC(=O)CCCC(C(=O)OC)(C(=O)OC)C/C=C/C#CC2CCC(=O)C2(C(=O)OC)CCC(=O)CCC1. The van der Waals surface area contributed by atoms with Gasteiger partial charge in [-0.2, -0.15) is 0 Å². The van der Waals surface area contributed by atoms with E-state index in [0.717, 1.165) is 42.7 Å². The Balaban J connectivity index is 2.10. The van der Waals surface area contributed by atoms with Gasteiger partial charge in [-0.1, -0.05) is 35.8 Å². The maximum absolute atomic E-state index is 13.4. The van der Waals surface area contributed by atoms with Crippen LogP contribution in [0.2, 0.25) is 0 Å². The molecule has 3 rings (SSSR count). The Kier molecular flexibility index (Phi) is 18.6. The van der Waals surface area contributed by atoms with E-state index in [-0.39, 0.29) is 114 Å². The monoisotopic (exact) mass is 864 g/mol.